The fourth-order valence-corrected chi connectivity index (χ4v) is 1.83. The molecule has 2 nitrogen and oxygen atoms in total. The van der Waals surface area contributed by atoms with Crippen LogP contribution in [0.1, 0.15) is 15.2 Å². The van der Waals surface area contributed by atoms with Gasteiger partial charge in [0.1, 0.15) is 0 Å². The van der Waals surface area contributed by atoms with E-state index < -0.39 is 0 Å². The molecule has 60 valence electrons. The van der Waals surface area contributed by atoms with Crippen LogP contribution in [0.5, 0.6) is 0 Å². The average molecular weight is 177 g/mol. The van der Waals surface area contributed by atoms with Crippen LogP contribution in [0.3, 0.4) is 0 Å². The first-order valence-corrected chi connectivity index (χ1v) is 4.47. The maximum atomic E-state index is 11.3. The predicted molar refractivity (Wildman–Crippen MR) is 50.0 cm³/mol. The van der Waals surface area contributed by atoms with Crippen molar-refractivity contribution in [1.82, 2.24) is 5.32 Å². The molecule has 1 N–H and O–H groups in total. The molecule has 3 heteroatoms. The zero-order chi connectivity index (χ0) is 8.39. The van der Waals surface area contributed by atoms with Gasteiger partial charge in [0.15, 0.2) is 0 Å². The minimum Gasteiger partial charge on any atom is -0.329 e. The molecule has 0 radical (unpaired) electrons. The number of amides is 1. The molecule has 12 heavy (non-hydrogen) atoms. The van der Waals surface area contributed by atoms with E-state index in [0.717, 1.165) is 10.4 Å². The molecule has 1 aliphatic heterocycles. The topological polar surface area (TPSA) is 29.1 Å². The average Bonchev–Trinajstić information content (AvgIpc) is 2.47. The predicted octanol–water partition coefficient (Wildman–Crippen LogP) is 2.02. The van der Waals surface area contributed by atoms with Crippen molar-refractivity contribution >= 4 is 23.3 Å². The van der Waals surface area contributed by atoms with E-state index in [-0.39, 0.29) is 5.91 Å². The van der Waals surface area contributed by atoms with Crippen molar-refractivity contribution in [3.63, 3.8) is 0 Å². The first-order chi connectivity index (χ1) is 5.88. The first-order valence-electron chi connectivity index (χ1n) is 3.59. The van der Waals surface area contributed by atoms with Gasteiger partial charge in [0.2, 0.25) is 0 Å². The Bertz CT molecular complexity index is 362. The number of rotatable bonds is 0. The molecule has 0 aromatic carbocycles. The third-order valence-corrected chi connectivity index (χ3v) is 2.49. The molecule has 1 aromatic rings. The first kappa shape index (κ1) is 7.31. The van der Waals surface area contributed by atoms with Gasteiger partial charge < -0.3 is 5.32 Å². The highest BCUT2D eigenvalue weighted by Gasteiger charge is 2.09. The normalized spacial score (nSPS) is 20.2. The van der Waals surface area contributed by atoms with Gasteiger partial charge >= 0.3 is 0 Å². The fourth-order valence-electron chi connectivity index (χ4n) is 1.04. The fraction of sp³-hybridized carbons (Fsp3) is 0. The SMILES string of the molecule is O=C1N/C=C\C=C/c2sccc21. The number of carbonyl (C=O) groups is 1. The monoisotopic (exact) mass is 177 g/mol. The van der Waals surface area contributed by atoms with Crippen molar-refractivity contribution in [3.05, 3.63) is 40.2 Å². The lowest BCUT2D eigenvalue weighted by Crippen LogP contribution is -2.17. The third-order valence-electron chi connectivity index (χ3n) is 1.61. The molecule has 0 fully saturated rings. The van der Waals surface area contributed by atoms with Crippen molar-refractivity contribution in [2.75, 3.05) is 0 Å². The molecular weight excluding hydrogens is 170 g/mol. The van der Waals surface area contributed by atoms with E-state index in [4.69, 9.17) is 0 Å². The number of hydrogen-bond donors (Lipinski definition) is 1. The highest BCUT2D eigenvalue weighted by Crippen LogP contribution is 2.19. The summed E-state index contributed by atoms with van der Waals surface area (Å²) in [5.74, 6) is -0.0353. The van der Waals surface area contributed by atoms with Crippen LogP contribution < -0.4 is 5.32 Å². The van der Waals surface area contributed by atoms with Gasteiger partial charge in [0.25, 0.3) is 5.91 Å². The summed E-state index contributed by atoms with van der Waals surface area (Å²) in [5.41, 5.74) is 0.751. The molecule has 0 atom stereocenters. The van der Waals surface area contributed by atoms with Crippen LogP contribution in [0.4, 0.5) is 0 Å². The Morgan fingerprint density at radius 1 is 1.33 bits per heavy atom. The van der Waals surface area contributed by atoms with Crippen molar-refractivity contribution in [2.24, 2.45) is 0 Å². The zero-order valence-corrected chi connectivity index (χ0v) is 7.10. The van der Waals surface area contributed by atoms with Crippen LogP contribution in [-0.4, -0.2) is 5.91 Å². The minimum atomic E-state index is -0.0353. The summed E-state index contributed by atoms with van der Waals surface area (Å²) in [5, 5.41) is 4.58. The maximum Gasteiger partial charge on any atom is 0.256 e. The molecule has 0 saturated heterocycles. The number of fused-ring (bicyclic) bond motifs is 1. The summed E-state index contributed by atoms with van der Waals surface area (Å²) in [6, 6.07) is 1.83. The summed E-state index contributed by atoms with van der Waals surface area (Å²) in [7, 11) is 0. The van der Waals surface area contributed by atoms with E-state index in [9.17, 15) is 4.79 Å². The lowest BCUT2D eigenvalue weighted by Gasteiger charge is -2.00. The molecule has 1 aliphatic rings. The van der Waals surface area contributed by atoms with Gasteiger partial charge in [-0.2, -0.15) is 0 Å². The smallest absolute Gasteiger partial charge is 0.256 e. The quantitative estimate of drug-likeness (QED) is 0.645. The minimum absolute atomic E-state index is 0.0353. The van der Waals surface area contributed by atoms with Gasteiger partial charge in [-0.3, -0.25) is 4.79 Å². The largest absolute Gasteiger partial charge is 0.329 e. The molecule has 0 aliphatic carbocycles. The molecule has 2 heterocycles. The molecule has 1 amide bonds. The number of thiophene rings is 1. The second kappa shape index (κ2) is 2.95. The van der Waals surface area contributed by atoms with Gasteiger partial charge in [0, 0.05) is 11.1 Å². The van der Waals surface area contributed by atoms with Crippen molar-refractivity contribution in [3.8, 4) is 0 Å². The molecule has 0 bridgehead atoms. The van der Waals surface area contributed by atoms with E-state index in [1.807, 2.05) is 23.6 Å². The van der Waals surface area contributed by atoms with E-state index in [1.165, 1.54) is 0 Å². The molecule has 0 saturated carbocycles. The van der Waals surface area contributed by atoms with Crippen LogP contribution in [0.25, 0.3) is 6.08 Å². The van der Waals surface area contributed by atoms with Gasteiger partial charge in [0.05, 0.1) is 5.56 Å². The third kappa shape index (κ3) is 1.19. The Balaban J connectivity index is 2.51. The lowest BCUT2D eigenvalue weighted by atomic mass is 10.2. The molecule has 2 rings (SSSR count). The number of hydrogen-bond acceptors (Lipinski definition) is 2. The Hall–Kier alpha value is -1.35. The van der Waals surface area contributed by atoms with Crippen molar-refractivity contribution in [1.29, 1.82) is 0 Å². The standard InChI is InChI=1S/C9H7NOS/c11-9-7-4-6-12-8(7)3-1-2-5-10-9/h1-6H,(H,10,11). The van der Waals surface area contributed by atoms with E-state index in [0.29, 0.717) is 0 Å². The van der Waals surface area contributed by atoms with Crippen molar-refractivity contribution < 1.29 is 4.79 Å². The second-order valence-corrected chi connectivity index (χ2v) is 3.34. The van der Waals surface area contributed by atoms with Crippen LogP contribution in [0.2, 0.25) is 0 Å². The van der Waals surface area contributed by atoms with Gasteiger partial charge in [-0.05, 0) is 23.6 Å². The Labute approximate surface area is 74.2 Å². The van der Waals surface area contributed by atoms with E-state index >= 15 is 0 Å². The Kier molecular flexibility index (Phi) is 1.80. The van der Waals surface area contributed by atoms with Crippen LogP contribution in [0.15, 0.2) is 29.8 Å². The Morgan fingerprint density at radius 3 is 3.17 bits per heavy atom. The number of allylic oxidation sites excluding steroid dienone is 2. The van der Waals surface area contributed by atoms with E-state index in [1.54, 1.807) is 23.6 Å². The van der Waals surface area contributed by atoms with Crippen molar-refractivity contribution in [2.45, 2.75) is 0 Å². The zero-order valence-electron chi connectivity index (χ0n) is 6.28. The molecule has 1 aromatic heterocycles. The molecule has 0 spiro atoms. The summed E-state index contributed by atoms with van der Waals surface area (Å²) < 4.78 is 0. The van der Waals surface area contributed by atoms with Crippen LogP contribution in [0, 0.1) is 0 Å². The summed E-state index contributed by atoms with van der Waals surface area (Å²) in [6.45, 7) is 0. The van der Waals surface area contributed by atoms with Gasteiger partial charge in [-0.25, -0.2) is 0 Å². The maximum absolute atomic E-state index is 11.3. The van der Waals surface area contributed by atoms with Gasteiger partial charge in [-0.1, -0.05) is 6.08 Å². The molecular formula is C9H7NOS. The Morgan fingerprint density at radius 2 is 2.25 bits per heavy atom. The summed E-state index contributed by atoms with van der Waals surface area (Å²) in [6.07, 6.45) is 7.30. The lowest BCUT2D eigenvalue weighted by molar-refractivity contribution is 0.0970. The van der Waals surface area contributed by atoms with Crippen LogP contribution >= 0.6 is 11.3 Å². The number of nitrogens with one attached hydrogen (secondary N) is 1. The summed E-state index contributed by atoms with van der Waals surface area (Å²) in [4.78, 5) is 12.3. The highest BCUT2D eigenvalue weighted by molar-refractivity contribution is 7.11. The van der Waals surface area contributed by atoms with Crippen LogP contribution in [-0.2, 0) is 0 Å². The highest BCUT2D eigenvalue weighted by atomic mass is 32.1. The number of carbonyl (C=O) groups excluding carboxylic acids is 1. The van der Waals surface area contributed by atoms with E-state index in [2.05, 4.69) is 5.32 Å². The summed E-state index contributed by atoms with van der Waals surface area (Å²) >= 11 is 1.57. The second-order valence-electron chi connectivity index (χ2n) is 2.39. The molecule has 0 unspecified atom stereocenters. The van der Waals surface area contributed by atoms with Gasteiger partial charge in [-0.15, -0.1) is 11.3 Å².